The van der Waals surface area contributed by atoms with Crippen molar-refractivity contribution >= 4 is 0 Å². The topological polar surface area (TPSA) is 29.3 Å². The van der Waals surface area contributed by atoms with Crippen molar-refractivity contribution < 1.29 is 0 Å². The molecule has 2 rings (SSSR count). The molecule has 0 radical (unpaired) electrons. The summed E-state index contributed by atoms with van der Waals surface area (Å²) in [6.07, 6.45) is 9.78. The lowest BCUT2D eigenvalue weighted by Gasteiger charge is -2.38. The van der Waals surface area contributed by atoms with Gasteiger partial charge in [-0.1, -0.05) is 19.8 Å². The summed E-state index contributed by atoms with van der Waals surface area (Å²) >= 11 is 0. The number of nitrogens with zero attached hydrogens (tertiary/aromatic N) is 1. The molecule has 2 aliphatic carbocycles. The SMILES string of the molecule is CC1CCCCC1N(C)CC1(CCN)CC1. The van der Waals surface area contributed by atoms with Crippen LogP contribution in [-0.2, 0) is 0 Å². The summed E-state index contributed by atoms with van der Waals surface area (Å²) in [6.45, 7) is 4.59. The van der Waals surface area contributed by atoms with Gasteiger partial charge in [-0.3, -0.25) is 0 Å². The third-order valence-electron chi connectivity index (χ3n) is 4.85. The van der Waals surface area contributed by atoms with Gasteiger partial charge in [-0.25, -0.2) is 0 Å². The highest BCUT2D eigenvalue weighted by Gasteiger charge is 2.43. The lowest BCUT2D eigenvalue weighted by Crippen LogP contribution is -2.42. The Hall–Kier alpha value is -0.0800. The van der Waals surface area contributed by atoms with E-state index >= 15 is 0 Å². The van der Waals surface area contributed by atoms with Gasteiger partial charge in [-0.15, -0.1) is 0 Å². The molecular formula is C14H28N2. The predicted molar refractivity (Wildman–Crippen MR) is 69.4 cm³/mol. The molecule has 2 heteroatoms. The highest BCUT2D eigenvalue weighted by Crippen LogP contribution is 2.49. The molecule has 0 heterocycles. The van der Waals surface area contributed by atoms with Gasteiger partial charge in [0, 0.05) is 12.6 Å². The van der Waals surface area contributed by atoms with E-state index in [1.807, 2.05) is 0 Å². The Bertz CT molecular complexity index is 223. The van der Waals surface area contributed by atoms with Crippen molar-refractivity contribution in [3.63, 3.8) is 0 Å². The van der Waals surface area contributed by atoms with Crippen molar-refractivity contribution in [2.24, 2.45) is 17.1 Å². The van der Waals surface area contributed by atoms with Crippen molar-refractivity contribution in [3.8, 4) is 0 Å². The van der Waals surface area contributed by atoms with Gasteiger partial charge in [0.1, 0.15) is 0 Å². The van der Waals surface area contributed by atoms with E-state index in [1.165, 1.54) is 51.5 Å². The third-order valence-corrected chi connectivity index (χ3v) is 4.85. The average molecular weight is 224 g/mol. The van der Waals surface area contributed by atoms with Crippen LogP contribution in [0.5, 0.6) is 0 Å². The zero-order valence-corrected chi connectivity index (χ0v) is 11.0. The van der Waals surface area contributed by atoms with Crippen LogP contribution in [0.25, 0.3) is 0 Å². The Morgan fingerprint density at radius 1 is 1.25 bits per heavy atom. The molecule has 0 saturated heterocycles. The number of hydrogen-bond acceptors (Lipinski definition) is 2. The Morgan fingerprint density at radius 3 is 2.50 bits per heavy atom. The van der Waals surface area contributed by atoms with Crippen LogP contribution in [0.2, 0.25) is 0 Å². The van der Waals surface area contributed by atoms with Crippen LogP contribution in [-0.4, -0.2) is 31.1 Å². The molecule has 0 aliphatic heterocycles. The first-order valence-corrected chi connectivity index (χ1v) is 7.07. The Kier molecular flexibility index (Phi) is 3.91. The van der Waals surface area contributed by atoms with Crippen LogP contribution in [0.4, 0.5) is 0 Å². The fraction of sp³-hybridized carbons (Fsp3) is 1.00. The molecule has 2 fully saturated rings. The minimum absolute atomic E-state index is 0.612. The maximum absolute atomic E-state index is 5.72. The predicted octanol–water partition coefficient (Wildman–Crippen LogP) is 2.63. The van der Waals surface area contributed by atoms with Crippen molar-refractivity contribution in [2.75, 3.05) is 20.1 Å². The summed E-state index contributed by atoms with van der Waals surface area (Å²) in [5.74, 6) is 0.896. The van der Waals surface area contributed by atoms with Gasteiger partial charge >= 0.3 is 0 Å². The number of hydrogen-bond donors (Lipinski definition) is 1. The van der Waals surface area contributed by atoms with E-state index in [0.29, 0.717) is 5.41 Å². The summed E-state index contributed by atoms with van der Waals surface area (Å²) in [6, 6.07) is 0.837. The number of rotatable bonds is 5. The summed E-state index contributed by atoms with van der Waals surface area (Å²) in [4.78, 5) is 2.65. The van der Waals surface area contributed by atoms with Crippen LogP contribution >= 0.6 is 0 Å². The maximum Gasteiger partial charge on any atom is 0.0118 e. The van der Waals surface area contributed by atoms with Gasteiger partial charge in [0.25, 0.3) is 0 Å². The fourth-order valence-electron chi connectivity index (χ4n) is 3.57. The minimum Gasteiger partial charge on any atom is -0.330 e. The third kappa shape index (κ3) is 2.78. The lowest BCUT2D eigenvalue weighted by atomic mass is 9.84. The molecule has 2 aliphatic rings. The molecule has 2 atom stereocenters. The fourth-order valence-corrected chi connectivity index (χ4v) is 3.57. The Balaban J connectivity index is 1.84. The summed E-state index contributed by atoms with van der Waals surface area (Å²) in [5.41, 5.74) is 6.33. The summed E-state index contributed by atoms with van der Waals surface area (Å²) in [7, 11) is 2.34. The maximum atomic E-state index is 5.72. The molecule has 0 aromatic carbocycles. The second kappa shape index (κ2) is 5.05. The molecular weight excluding hydrogens is 196 g/mol. The van der Waals surface area contributed by atoms with E-state index in [4.69, 9.17) is 5.73 Å². The zero-order chi connectivity index (χ0) is 11.6. The molecule has 0 aromatic rings. The van der Waals surface area contributed by atoms with Crippen LogP contribution in [0.15, 0.2) is 0 Å². The standard InChI is InChI=1S/C14H28N2/c1-12-5-3-4-6-13(12)16(2)11-14(7-8-14)9-10-15/h12-13H,3-11,15H2,1-2H3. The van der Waals surface area contributed by atoms with Crippen LogP contribution in [0.3, 0.4) is 0 Å². The zero-order valence-electron chi connectivity index (χ0n) is 11.0. The highest BCUT2D eigenvalue weighted by molar-refractivity contribution is 4.96. The largest absolute Gasteiger partial charge is 0.330 e. The molecule has 0 amide bonds. The van der Waals surface area contributed by atoms with Crippen LogP contribution < -0.4 is 5.73 Å². The molecule has 94 valence electrons. The van der Waals surface area contributed by atoms with E-state index in [9.17, 15) is 0 Å². The second-order valence-electron chi connectivity index (χ2n) is 6.28. The summed E-state index contributed by atoms with van der Waals surface area (Å²) in [5, 5.41) is 0. The van der Waals surface area contributed by atoms with Gasteiger partial charge in [-0.05, 0) is 57.0 Å². The Labute approximate surface area is 101 Å². The van der Waals surface area contributed by atoms with E-state index in [-0.39, 0.29) is 0 Å². The molecule has 0 bridgehead atoms. The smallest absolute Gasteiger partial charge is 0.0118 e. The second-order valence-corrected chi connectivity index (χ2v) is 6.28. The number of nitrogens with two attached hydrogens (primary N) is 1. The Morgan fingerprint density at radius 2 is 1.94 bits per heavy atom. The summed E-state index contributed by atoms with van der Waals surface area (Å²) < 4.78 is 0. The molecule has 2 N–H and O–H groups in total. The van der Waals surface area contributed by atoms with E-state index < -0.39 is 0 Å². The molecule has 2 unspecified atom stereocenters. The van der Waals surface area contributed by atoms with Crippen LogP contribution in [0, 0.1) is 11.3 Å². The van der Waals surface area contributed by atoms with E-state index in [0.717, 1.165) is 18.5 Å². The van der Waals surface area contributed by atoms with Crippen molar-refractivity contribution in [1.82, 2.24) is 4.90 Å². The quantitative estimate of drug-likeness (QED) is 0.778. The molecule has 0 spiro atoms. The van der Waals surface area contributed by atoms with Crippen molar-refractivity contribution in [1.29, 1.82) is 0 Å². The van der Waals surface area contributed by atoms with E-state index in [1.54, 1.807) is 0 Å². The van der Waals surface area contributed by atoms with Gasteiger partial charge in [0.05, 0.1) is 0 Å². The average Bonchev–Trinajstić information content (AvgIpc) is 2.99. The molecule has 2 nitrogen and oxygen atoms in total. The van der Waals surface area contributed by atoms with Crippen LogP contribution in [0.1, 0.15) is 51.9 Å². The van der Waals surface area contributed by atoms with E-state index in [2.05, 4.69) is 18.9 Å². The lowest BCUT2D eigenvalue weighted by molar-refractivity contribution is 0.114. The molecule has 0 aromatic heterocycles. The van der Waals surface area contributed by atoms with Gasteiger partial charge < -0.3 is 10.6 Å². The normalized spacial score (nSPS) is 33.0. The monoisotopic (exact) mass is 224 g/mol. The van der Waals surface area contributed by atoms with Gasteiger partial charge in [0.2, 0.25) is 0 Å². The van der Waals surface area contributed by atoms with Crippen molar-refractivity contribution in [3.05, 3.63) is 0 Å². The first kappa shape index (κ1) is 12.4. The molecule has 2 saturated carbocycles. The van der Waals surface area contributed by atoms with Crippen molar-refractivity contribution in [2.45, 2.75) is 57.9 Å². The first-order chi connectivity index (χ1) is 7.67. The van der Waals surface area contributed by atoms with Gasteiger partial charge in [0.15, 0.2) is 0 Å². The first-order valence-electron chi connectivity index (χ1n) is 7.07. The minimum atomic E-state index is 0.612. The highest BCUT2D eigenvalue weighted by atomic mass is 15.1. The molecule has 16 heavy (non-hydrogen) atoms. The van der Waals surface area contributed by atoms with Gasteiger partial charge in [-0.2, -0.15) is 0 Å².